The predicted molar refractivity (Wildman–Crippen MR) is 310 cm³/mol. The molecule has 0 aromatic heterocycles. The van der Waals surface area contributed by atoms with Gasteiger partial charge in [0.15, 0.2) is 23.1 Å². The average Bonchev–Trinajstić information content (AvgIpc) is 4.07. The molecule has 0 aromatic carbocycles. The molecule has 1 heterocycles. The van der Waals surface area contributed by atoms with Crippen LogP contribution in [0.2, 0.25) is 0 Å². The zero-order valence-electron chi connectivity index (χ0n) is 49.4. The number of carbonyl (C=O) groups excluding carboxylic acids is 11. The summed E-state index contributed by atoms with van der Waals surface area (Å²) in [5.41, 5.74) is 0. The summed E-state index contributed by atoms with van der Waals surface area (Å²) in [7, 11) is 0. The van der Waals surface area contributed by atoms with Gasteiger partial charge in [0, 0.05) is 113 Å². The number of aliphatic carboxylic acids is 5. The van der Waals surface area contributed by atoms with Crippen LogP contribution in [-0.2, 0) is 81.4 Å². The van der Waals surface area contributed by atoms with Crippen LogP contribution in [0.1, 0.15) is 156 Å². The molecule has 0 aliphatic carbocycles. The van der Waals surface area contributed by atoms with Gasteiger partial charge in [0.2, 0.25) is 35.4 Å². The highest BCUT2D eigenvalue weighted by Gasteiger charge is 2.38. The number of Topliss-reactive ketones (excluding diaryl/α,β-unsaturated/α-hetero) is 5. The first-order valence-corrected chi connectivity index (χ1v) is 30.6. The largest absolute Gasteiger partial charge is 0.481 e. The molecule has 0 spiro atoms. The molecule has 10 N–H and O–H groups in total. The Balaban J connectivity index is 3.24. The number of carbonyl (C=O) groups is 16. The maximum Gasteiger partial charge on any atom is 0.303 e. The van der Waals surface area contributed by atoms with Gasteiger partial charge in [-0.25, -0.2) is 0 Å². The Hall–Kier alpha value is -6.82. The average molecular weight is 1260 g/mol. The highest BCUT2D eigenvalue weighted by Crippen LogP contribution is 2.22. The van der Waals surface area contributed by atoms with Crippen molar-refractivity contribution in [2.24, 2.45) is 23.7 Å². The Kier molecular flexibility index (Phi) is 37.1. The molecule has 0 aromatic rings. The van der Waals surface area contributed by atoms with Crippen molar-refractivity contribution >= 4 is 119 Å². The molecule has 0 bridgehead atoms. The number of hydrogen-bond acceptors (Lipinski definition) is 19. The Labute approximate surface area is 508 Å². The molecule has 86 heavy (non-hydrogen) atoms. The topological polar surface area (TPSA) is 447 Å². The summed E-state index contributed by atoms with van der Waals surface area (Å²) >= 11 is 5.63. The second-order valence-corrected chi connectivity index (χ2v) is 23.1. The number of likely N-dealkylation sites (tertiary alicyclic amines) is 1. The van der Waals surface area contributed by atoms with Crippen molar-refractivity contribution in [2.75, 3.05) is 37.5 Å². The van der Waals surface area contributed by atoms with Crippen LogP contribution in [0.4, 0.5) is 0 Å². The lowest BCUT2D eigenvalue weighted by molar-refractivity contribution is -0.142. The van der Waals surface area contributed by atoms with Gasteiger partial charge in [0.05, 0.1) is 30.1 Å². The molecule has 0 unspecified atom stereocenters. The van der Waals surface area contributed by atoms with Gasteiger partial charge in [0.25, 0.3) is 0 Å². The molecule has 1 aliphatic heterocycles. The van der Waals surface area contributed by atoms with Gasteiger partial charge in [-0.3, -0.25) is 71.9 Å². The maximum absolute atomic E-state index is 14.1. The van der Waals surface area contributed by atoms with Crippen LogP contribution in [-0.4, -0.2) is 198 Å². The molecule has 9 atom stereocenters. The SMILES string of the molecule is CSC[C@@H](C)NC(=O)CCC(=O)[C@H](CC(C)C)NC(=O)[C@@H]1CCCN1C(=O)COCCCC(=O)[C@@H](CCC(=O)O)NC(=O)[C@@H](CCC(=O)O)CC(=O)[C@@H](CCC(=O)O)NC(=O)[C@@H](CCC(=O)O)CC(=O)[C@@H](CCC(=O)O)NC(=O)[C@@H](CS)CC(C)=O. The summed E-state index contributed by atoms with van der Waals surface area (Å²) in [4.78, 5) is 206. The van der Waals surface area contributed by atoms with Crippen molar-refractivity contribution in [1.82, 2.24) is 31.5 Å². The minimum absolute atomic E-state index is 0.00111. The van der Waals surface area contributed by atoms with Gasteiger partial charge in [-0.2, -0.15) is 24.4 Å². The van der Waals surface area contributed by atoms with Crippen LogP contribution < -0.4 is 26.6 Å². The van der Waals surface area contributed by atoms with E-state index in [9.17, 15) is 102 Å². The van der Waals surface area contributed by atoms with Crippen LogP contribution in [0.5, 0.6) is 0 Å². The summed E-state index contributed by atoms with van der Waals surface area (Å²) in [6, 6.07) is -6.78. The number of nitrogens with zero attached hydrogens (tertiary/aromatic N) is 1. The summed E-state index contributed by atoms with van der Waals surface area (Å²) in [5, 5.41) is 60.1. The Morgan fingerprint density at radius 1 is 0.547 bits per heavy atom. The van der Waals surface area contributed by atoms with Gasteiger partial charge in [-0.15, -0.1) is 0 Å². The fraction of sp³-hybridized carbons (Fsp3) is 0.714. The Bertz CT molecular complexity index is 2410. The molecule has 1 fully saturated rings. The number of amides is 6. The number of thioether (sulfide) groups is 1. The summed E-state index contributed by atoms with van der Waals surface area (Å²) in [6.07, 6.45) is -5.90. The molecular formula is C56H86N6O22S2. The second kappa shape index (κ2) is 41.3. The number of hydrogen-bond donors (Lipinski definition) is 11. The van der Waals surface area contributed by atoms with Gasteiger partial charge >= 0.3 is 29.8 Å². The molecule has 30 heteroatoms. The van der Waals surface area contributed by atoms with E-state index in [-0.39, 0.29) is 74.7 Å². The third kappa shape index (κ3) is 32.1. The zero-order chi connectivity index (χ0) is 65.2. The smallest absolute Gasteiger partial charge is 0.303 e. The quantitative estimate of drug-likeness (QED) is 0.0304. The normalized spacial score (nSPS) is 15.7. The van der Waals surface area contributed by atoms with E-state index < -0.39 is 214 Å². The van der Waals surface area contributed by atoms with E-state index in [1.165, 1.54) is 11.8 Å². The van der Waals surface area contributed by atoms with Gasteiger partial charge in [0.1, 0.15) is 18.4 Å². The number of nitrogens with one attached hydrogen (secondary N) is 5. The number of ether oxygens (including phenoxy) is 1. The monoisotopic (exact) mass is 1260 g/mol. The lowest BCUT2D eigenvalue weighted by atomic mass is 9.89. The molecule has 6 amide bonds. The van der Waals surface area contributed by atoms with E-state index in [0.717, 1.165) is 0 Å². The van der Waals surface area contributed by atoms with Crippen LogP contribution in [0.25, 0.3) is 0 Å². The first-order valence-electron chi connectivity index (χ1n) is 28.6. The molecule has 1 rings (SSSR count). The minimum atomic E-state index is -1.77. The van der Waals surface area contributed by atoms with E-state index in [0.29, 0.717) is 25.0 Å². The van der Waals surface area contributed by atoms with E-state index >= 15 is 0 Å². The maximum atomic E-state index is 14.1. The molecule has 28 nitrogen and oxygen atoms in total. The van der Waals surface area contributed by atoms with Crippen molar-refractivity contribution in [2.45, 2.75) is 192 Å². The van der Waals surface area contributed by atoms with E-state index in [1.807, 2.05) is 27.0 Å². The first kappa shape index (κ1) is 77.2. The number of rotatable bonds is 48. The second-order valence-electron chi connectivity index (χ2n) is 21.8. The lowest BCUT2D eigenvalue weighted by Crippen LogP contribution is -2.51. The van der Waals surface area contributed by atoms with Gasteiger partial charge in [-0.05, 0) is 83.8 Å². The first-order chi connectivity index (χ1) is 40.4. The predicted octanol–water partition coefficient (Wildman–Crippen LogP) is 1.55. The third-order valence-corrected chi connectivity index (χ3v) is 15.2. The fourth-order valence-electron chi connectivity index (χ4n) is 9.38. The zero-order valence-corrected chi connectivity index (χ0v) is 51.1. The van der Waals surface area contributed by atoms with Crippen LogP contribution >= 0.6 is 24.4 Å². The standard InChI is InChI=1S/C56H86N6O22S2/c1-31(2)24-40(43(65)15-16-46(68)57-32(3)30-86-5)61-56(83)41-8-6-22-62(41)47(69)28-84-23-7-9-42(64)37(12-19-50(74)75)58-53(80)34(10-17-48(70)71)26-44(66)38(13-20-51(76)77)59-54(81)35(11-18-49(72)73)27-45(67)39(14-21-52(78)79)60-55(82)36(29-85)25-33(4)63/h31-32,34-41,85H,6-30H2,1-5H3,(H,57,68)(H,58,80)(H,59,81)(H,60,82)(H,61,83)(H,70,71)(H,72,73)(H,74,75)(H,76,77)(H,78,79)/t32-,34+,35+,36-,37-,38-,39-,40+,41+/m1/s1. The summed E-state index contributed by atoms with van der Waals surface area (Å²) in [5.74, 6) is -18.6. The Morgan fingerprint density at radius 3 is 1.42 bits per heavy atom. The Morgan fingerprint density at radius 2 is 0.988 bits per heavy atom. The highest BCUT2D eigenvalue weighted by atomic mass is 32.2. The van der Waals surface area contributed by atoms with Crippen LogP contribution in [0.15, 0.2) is 0 Å². The van der Waals surface area contributed by atoms with E-state index in [4.69, 9.17) is 4.74 Å². The van der Waals surface area contributed by atoms with Crippen molar-refractivity contribution in [3.63, 3.8) is 0 Å². The van der Waals surface area contributed by atoms with Gasteiger partial charge in [-0.1, -0.05) is 13.8 Å². The molecule has 0 saturated carbocycles. The van der Waals surface area contributed by atoms with Crippen LogP contribution in [0, 0.1) is 23.7 Å². The fourth-order valence-corrected chi connectivity index (χ4v) is 10.3. The van der Waals surface area contributed by atoms with Gasteiger partial charge < -0.3 is 66.5 Å². The number of thiol groups is 1. The van der Waals surface area contributed by atoms with Crippen molar-refractivity contribution in [3.05, 3.63) is 0 Å². The summed E-state index contributed by atoms with van der Waals surface area (Å²) in [6.45, 7) is 6.29. The molecule has 484 valence electrons. The van der Waals surface area contributed by atoms with Crippen LogP contribution in [0.3, 0.4) is 0 Å². The number of carboxylic acids is 5. The van der Waals surface area contributed by atoms with Crippen molar-refractivity contribution in [1.29, 1.82) is 0 Å². The molecule has 0 radical (unpaired) electrons. The van der Waals surface area contributed by atoms with Crippen molar-refractivity contribution in [3.8, 4) is 0 Å². The number of carboxylic acid groups (broad SMARTS) is 5. The molecular weight excluding hydrogens is 1170 g/mol. The summed E-state index contributed by atoms with van der Waals surface area (Å²) < 4.78 is 5.56. The van der Waals surface area contributed by atoms with Crippen molar-refractivity contribution < 1.29 is 107 Å². The highest BCUT2D eigenvalue weighted by molar-refractivity contribution is 7.98. The number of ketones is 5. The minimum Gasteiger partial charge on any atom is -0.481 e. The van der Waals surface area contributed by atoms with E-state index in [2.05, 4.69) is 39.2 Å². The lowest BCUT2D eigenvalue weighted by Gasteiger charge is -2.27. The molecule has 1 aliphatic rings. The third-order valence-electron chi connectivity index (χ3n) is 13.9. The van der Waals surface area contributed by atoms with E-state index in [1.54, 1.807) is 11.8 Å². The molecule has 1 saturated heterocycles.